The van der Waals surface area contributed by atoms with Gasteiger partial charge in [0.15, 0.2) is 0 Å². The average molecular weight is 514 g/mol. The molecule has 7 nitrogen and oxygen atoms in total. The molecule has 0 fully saturated rings. The zero-order chi connectivity index (χ0) is 24.9. The highest BCUT2D eigenvalue weighted by atomic mass is 35.5. The van der Waals surface area contributed by atoms with Crippen molar-refractivity contribution in [3.05, 3.63) is 63.6 Å². The number of carbonyl (C=O) groups is 2. The molecule has 1 atom stereocenters. The Labute approximate surface area is 205 Å². The Morgan fingerprint density at radius 3 is 2.15 bits per heavy atom. The topological polar surface area (TPSA) is 86.8 Å². The van der Waals surface area contributed by atoms with Crippen molar-refractivity contribution < 1.29 is 18.0 Å². The summed E-state index contributed by atoms with van der Waals surface area (Å²) in [6.45, 7) is 6.71. The van der Waals surface area contributed by atoms with E-state index in [0.29, 0.717) is 15.6 Å². The summed E-state index contributed by atoms with van der Waals surface area (Å²) in [6, 6.07) is 10.3. The van der Waals surface area contributed by atoms with Crippen LogP contribution in [0.15, 0.2) is 47.4 Å². The number of nitrogens with zero attached hydrogens (tertiary/aromatic N) is 2. The van der Waals surface area contributed by atoms with Crippen LogP contribution in [-0.2, 0) is 26.2 Å². The Kier molecular flexibility index (Phi) is 9.31. The first-order valence-corrected chi connectivity index (χ1v) is 12.6. The maximum Gasteiger partial charge on any atom is 0.243 e. The van der Waals surface area contributed by atoms with Gasteiger partial charge in [0, 0.05) is 19.6 Å². The van der Waals surface area contributed by atoms with Gasteiger partial charge < -0.3 is 10.2 Å². The minimum atomic E-state index is -3.89. The fraction of sp³-hybridized carbons (Fsp3) is 0.391. The number of aryl methyl sites for hydroxylation is 1. The minimum absolute atomic E-state index is 0.0564. The van der Waals surface area contributed by atoms with Crippen LogP contribution in [0.1, 0.15) is 31.9 Å². The number of sulfonamides is 1. The summed E-state index contributed by atoms with van der Waals surface area (Å²) in [5.74, 6) is -0.867. The van der Waals surface area contributed by atoms with E-state index in [0.717, 1.165) is 9.87 Å². The molecule has 1 N–H and O–H groups in total. The predicted molar refractivity (Wildman–Crippen MR) is 131 cm³/mol. The summed E-state index contributed by atoms with van der Waals surface area (Å²) < 4.78 is 26.9. The van der Waals surface area contributed by atoms with Crippen molar-refractivity contribution in [1.29, 1.82) is 0 Å². The Morgan fingerprint density at radius 2 is 1.61 bits per heavy atom. The maximum absolute atomic E-state index is 13.3. The van der Waals surface area contributed by atoms with Crippen LogP contribution in [0.2, 0.25) is 10.0 Å². The molecule has 0 unspecified atom stereocenters. The first kappa shape index (κ1) is 27.1. The van der Waals surface area contributed by atoms with E-state index < -0.39 is 28.5 Å². The maximum atomic E-state index is 13.3. The second-order valence-corrected chi connectivity index (χ2v) is 11.0. The smallest absolute Gasteiger partial charge is 0.243 e. The lowest BCUT2D eigenvalue weighted by atomic mass is 10.1. The van der Waals surface area contributed by atoms with Crippen LogP contribution < -0.4 is 5.32 Å². The molecule has 0 aliphatic carbocycles. The van der Waals surface area contributed by atoms with Gasteiger partial charge in [0.2, 0.25) is 21.8 Å². The monoisotopic (exact) mass is 513 g/mol. The van der Waals surface area contributed by atoms with Crippen LogP contribution in [0.5, 0.6) is 0 Å². The van der Waals surface area contributed by atoms with E-state index >= 15 is 0 Å². The molecule has 0 spiro atoms. The van der Waals surface area contributed by atoms with Crippen molar-refractivity contribution in [3.8, 4) is 0 Å². The van der Waals surface area contributed by atoms with E-state index in [1.54, 1.807) is 37.3 Å². The van der Waals surface area contributed by atoms with Gasteiger partial charge in [-0.15, -0.1) is 0 Å². The van der Waals surface area contributed by atoms with Crippen LogP contribution in [-0.4, -0.2) is 55.1 Å². The summed E-state index contributed by atoms with van der Waals surface area (Å²) >= 11 is 12.1. The summed E-state index contributed by atoms with van der Waals surface area (Å²) in [6.07, 6.45) is 0. The van der Waals surface area contributed by atoms with Gasteiger partial charge in [-0.3, -0.25) is 9.59 Å². The van der Waals surface area contributed by atoms with E-state index in [9.17, 15) is 18.0 Å². The van der Waals surface area contributed by atoms with Crippen molar-refractivity contribution >= 4 is 45.0 Å². The normalized spacial score (nSPS) is 12.6. The molecule has 2 amide bonds. The third-order valence-corrected chi connectivity index (χ3v) is 7.58. The highest BCUT2D eigenvalue weighted by Crippen LogP contribution is 2.24. The minimum Gasteiger partial charge on any atom is -0.352 e. The quantitative estimate of drug-likeness (QED) is 0.551. The molecule has 0 radical (unpaired) electrons. The lowest BCUT2D eigenvalue weighted by Gasteiger charge is -2.31. The van der Waals surface area contributed by atoms with Crippen LogP contribution in [0.4, 0.5) is 0 Å². The fourth-order valence-corrected chi connectivity index (χ4v) is 4.52. The van der Waals surface area contributed by atoms with Crippen LogP contribution in [0.25, 0.3) is 0 Å². The number of amides is 2. The first-order valence-electron chi connectivity index (χ1n) is 10.4. The summed E-state index contributed by atoms with van der Waals surface area (Å²) in [5.41, 5.74) is 1.58. The van der Waals surface area contributed by atoms with Gasteiger partial charge in [-0.2, -0.15) is 4.31 Å². The highest BCUT2D eigenvalue weighted by Gasteiger charge is 2.30. The number of likely N-dealkylation sites (N-methyl/N-ethyl adjacent to an activating group) is 1. The summed E-state index contributed by atoms with van der Waals surface area (Å²) in [5, 5.41) is 3.47. The number of carbonyl (C=O) groups excluding carboxylic acids is 2. The van der Waals surface area contributed by atoms with Gasteiger partial charge in [0.25, 0.3) is 0 Å². The number of hydrogen-bond donors (Lipinski definition) is 1. The van der Waals surface area contributed by atoms with Crippen molar-refractivity contribution in [2.45, 2.75) is 51.2 Å². The molecule has 2 rings (SSSR count). The lowest BCUT2D eigenvalue weighted by molar-refractivity contribution is -0.140. The van der Waals surface area contributed by atoms with Gasteiger partial charge in [-0.25, -0.2) is 8.42 Å². The molecule has 0 aliphatic rings. The number of benzene rings is 2. The molecule has 0 saturated heterocycles. The molecule has 0 aromatic heterocycles. The van der Waals surface area contributed by atoms with Crippen molar-refractivity contribution in [3.63, 3.8) is 0 Å². The predicted octanol–water partition coefficient (Wildman–Crippen LogP) is 3.86. The molecule has 10 heteroatoms. The molecule has 33 heavy (non-hydrogen) atoms. The molecule has 0 bridgehead atoms. The molecule has 2 aromatic carbocycles. The average Bonchev–Trinajstić information content (AvgIpc) is 2.73. The standard InChI is InChI=1S/C23H29Cl2N3O4S/c1-15(2)26-23(30)17(4)28(13-18-8-11-20(24)21(25)12-18)22(29)14-27(5)33(31,32)19-9-6-16(3)7-10-19/h6-12,15,17H,13-14H2,1-5H3,(H,26,30)/t17-/m1/s1. The zero-order valence-electron chi connectivity index (χ0n) is 19.3. The van der Waals surface area contributed by atoms with Gasteiger partial charge in [-0.05, 0) is 57.5 Å². The van der Waals surface area contributed by atoms with Gasteiger partial charge >= 0.3 is 0 Å². The Bertz CT molecular complexity index is 1110. The SMILES string of the molecule is Cc1ccc(S(=O)(=O)N(C)CC(=O)N(Cc2ccc(Cl)c(Cl)c2)[C@H](C)C(=O)NC(C)C)cc1. The fourth-order valence-electron chi connectivity index (χ4n) is 3.08. The second-order valence-electron chi connectivity index (χ2n) is 8.18. The zero-order valence-corrected chi connectivity index (χ0v) is 21.6. The van der Waals surface area contributed by atoms with Crippen molar-refractivity contribution in [1.82, 2.24) is 14.5 Å². The van der Waals surface area contributed by atoms with Crippen molar-refractivity contribution in [2.24, 2.45) is 0 Å². The van der Waals surface area contributed by atoms with Crippen LogP contribution >= 0.6 is 23.2 Å². The largest absolute Gasteiger partial charge is 0.352 e. The molecule has 180 valence electrons. The lowest BCUT2D eigenvalue weighted by Crippen LogP contribution is -2.51. The first-order chi connectivity index (χ1) is 15.3. The molecule has 0 saturated carbocycles. The Hall–Kier alpha value is -2.13. The molecule has 0 heterocycles. The molecular formula is C23H29Cl2N3O4S. The van der Waals surface area contributed by atoms with Crippen LogP contribution in [0, 0.1) is 6.92 Å². The number of nitrogens with one attached hydrogen (secondary N) is 1. The van der Waals surface area contributed by atoms with E-state index in [2.05, 4.69) is 5.32 Å². The van der Waals surface area contributed by atoms with E-state index in [1.807, 2.05) is 20.8 Å². The van der Waals surface area contributed by atoms with Gasteiger partial charge in [-0.1, -0.05) is 47.0 Å². The van der Waals surface area contributed by atoms with E-state index in [4.69, 9.17) is 23.2 Å². The van der Waals surface area contributed by atoms with E-state index in [-0.39, 0.29) is 23.4 Å². The summed E-state index contributed by atoms with van der Waals surface area (Å²) in [4.78, 5) is 27.3. The Morgan fingerprint density at radius 1 is 1.00 bits per heavy atom. The van der Waals surface area contributed by atoms with Gasteiger partial charge in [0.1, 0.15) is 6.04 Å². The molecule has 0 aliphatic heterocycles. The van der Waals surface area contributed by atoms with E-state index in [1.165, 1.54) is 24.1 Å². The molecular weight excluding hydrogens is 485 g/mol. The third-order valence-electron chi connectivity index (χ3n) is 5.02. The van der Waals surface area contributed by atoms with Crippen molar-refractivity contribution in [2.75, 3.05) is 13.6 Å². The van der Waals surface area contributed by atoms with Crippen LogP contribution in [0.3, 0.4) is 0 Å². The number of rotatable bonds is 9. The summed E-state index contributed by atoms with van der Waals surface area (Å²) in [7, 11) is -2.55. The highest BCUT2D eigenvalue weighted by molar-refractivity contribution is 7.89. The Balaban J connectivity index is 2.30. The molecule has 2 aromatic rings. The number of halogens is 2. The third kappa shape index (κ3) is 7.17. The van der Waals surface area contributed by atoms with Gasteiger partial charge in [0.05, 0.1) is 21.5 Å². The second kappa shape index (κ2) is 11.3. The number of hydrogen-bond acceptors (Lipinski definition) is 4.